The normalized spacial score (nSPS) is 10.9. The molecule has 0 atom stereocenters. The number of aryl methyl sites for hydroxylation is 1. The predicted octanol–water partition coefficient (Wildman–Crippen LogP) is 2.19. The summed E-state index contributed by atoms with van der Waals surface area (Å²) in [6.45, 7) is 2.82. The Morgan fingerprint density at radius 1 is 1.25 bits per heavy atom. The summed E-state index contributed by atoms with van der Waals surface area (Å²) in [5.41, 5.74) is 2.35. The number of nitrogens with zero attached hydrogens (tertiary/aromatic N) is 3. The maximum absolute atomic E-state index is 11.9. The maximum atomic E-state index is 11.9. The minimum Gasteiger partial charge on any atom is -0.497 e. The van der Waals surface area contributed by atoms with E-state index >= 15 is 0 Å². The van der Waals surface area contributed by atoms with E-state index in [0.717, 1.165) is 29.2 Å². The third-order valence-electron chi connectivity index (χ3n) is 3.30. The number of methoxy groups -OCH3 is 1. The monoisotopic (exact) mass is 269 g/mol. The van der Waals surface area contributed by atoms with E-state index in [1.54, 1.807) is 13.3 Å². The summed E-state index contributed by atoms with van der Waals surface area (Å²) in [5, 5.41) is 4.39. The van der Waals surface area contributed by atoms with Crippen LogP contribution in [-0.2, 0) is 6.54 Å². The van der Waals surface area contributed by atoms with Crippen LogP contribution in [0.4, 0.5) is 0 Å². The summed E-state index contributed by atoms with van der Waals surface area (Å²) in [5.74, 6) is 0.769. The van der Waals surface area contributed by atoms with Gasteiger partial charge in [-0.05, 0) is 19.1 Å². The molecule has 0 aliphatic carbocycles. The molecule has 0 saturated heterocycles. The van der Waals surface area contributed by atoms with Crippen LogP contribution in [0.2, 0.25) is 0 Å². The van der Waals surface area contributed by atoms with Crippen LogP contribution in [0.25, 0.3) is 16.9 Å². The highest BCUT2D eigenvalue weighted by Crippen LogP contribution is 2.23. The van der Waals surface area contributed by atoms with E-state index in [9.17, 15) is 4.79 Å². The zero-order chi connectivity index (χ0) is 14.1. The average Bonchev–Trinajstić information content (AvgIpc) is 2.94. The van der Waals surface area contributed by atoms with Gasteiger partial charge in [-0.25, -0.2) is 0 Å². The van der Waals surface area contributed by atoms with Gasteiger partial charge >= 0.3 is 0 Å². The molecule has 2 aromatic heterocycles. The van der Waals surface area contributed by atoms with Gasteiger partial charge in [-0.15, -0.1) is 0 Å². The SMILES string of the molecule is CCn1ccc(=O)n2nc(-c3cccc(OC)c3)cc12. The first-order valence-electron chi connectivity index (χ1n) is 6.46. The number of ether oxygens (including phenoxy) is 1. The second-order valence-electron chi connectivity index (χ2n) is 4.47. The Hall–Kier alpha value is -2.56. The van der Waals surface area contributed by atoms with Gasteiger partial charge in [-0.3, -0.25) is 4.79 Å². The highest BCUT2D eigenvalue weighted by atomic mass is 16.5. The fourth-order valence-electron chi connectivity index (χ4n) is 2.23. The molecule has 20 heavy (non-hydrogen) atoms. The van der Waals surface area contributed by atoms with Crippen molar-refractivity contribution in [1.29, 1.82) is 0 Å². The van der Waals surface area contributed by atoms with Gasteiger partial charge in [0.1, 0.15) is 11.4 Å². The van der Waals surface area contributed by atoms with E-state index < -0.39 is 0 Å². The Morgan fingerprint density at radius 3 is 2.85 bits per heavy atom. The zero-order valence-corrected chi connectivity index (χ0v) is 11.4. The quantitative estimate of drug-likeness (QED) is 0.732. The lowest BCUT2D eigenvalue weighted by atomic mass is 10.1. The van der Waals surface area contributed by atoms with Crippen LogP contribution in [0.15, 0.2) is 47.4 Å². The van der Waals surface area contributed by atoms with E-state index in [0.29, 0.717) is 0 Å². The minimum absolute atomic E-state index is 0.126. The van der Waals surface area contributed by atoms with Crippen LogP contribution in [-0.4, -0.2) is 21.3 Å². The van der Waals surface area contributed by atoms with E-state index in [4.69, 9.17) is 4.74 Å². The minimum atomic E-state index is -0.126. The Labute approximate surface area is 116 Å². The summed E-state index contributed by atoms with van der Waals surface area (Å²) in [6, 6.07) is 11.1. The number of hydrogen-bond donors (Lipinski definition) is 0. The zero-order valence-electron chi connectivity index (χ0n) is 11.4. The third kappa shape index (κ3) is 1.97. The fraction of sp³-hybridized carbons (Fsp3) is 0.200. The van der Waals surface area contributed by atoms with Gasteiger partial charge in [-0.1, -0.05) is 12.1 Å². The number of hydrogen-bond acceptors (Lipinski definition) is 3. The van der Waals surface area contributed by atoms with Crippen molar-refractivity contribution in [3.8, 4) is 17.0 Å². The molecule has 0 fully saturated rings. The van der Waals surface area contributed by atoms with E-state index in [1.165, 1.54) is 10.6 Å². The smallest absolute Gasteiger partial charge is 0.274 e. The molecular weight excluding hydrogens is 254 g/mol. The first kappa shape index (κ1) is 12.5. The molecule has 3 aromatic rings. The molecule has 0 saturated carbocycles. The largest absolute Gasteiger partial charge is 0.497 e. The lowest BCUT2D eigenvalue weighted by Gasteiger charge is -2.02. The van der Waals surface area contributed by atoms with Crippen molar-refractivity contribution in [1.82, 2.24) is 14.2 Å². The van der Waals surface area contributed by atoms with Crippen LogP contribution in [0.3, 0.4) is 0 Å². The summed E-state index contributed by atoms with van der Waals surface area (Å²) in [6.07, 6.45) is 1.79. The first-order valence-corrected chi connectivity index (χ1v) is 6.46. The lowest BCUT2D eigenvalue weighted by molar-refractivity contribution is 0.415. The van der Waals surface area contributed by atoms with Crippen molar-refractivity contribution in [2.24, 2.45) is 0 Å². The first-order chi connectivity index (χ1) is 9.72. The van der Waals surface area contributed by atoms with Crippen molar-refractivity contribution in [2.75, 3.05) is 7.11 Å². The fourth-order valence-corrected chi connectivity index (χ4v) is 2.23. The lowest BCUT2D eigenvalue weighted by Crippen LogP contribution is -2.16. The molecule has 5 nitrogen and oxygen atoms in total. The molecule has 0 bridgehead atoms. The second-order valence-corrected chi connectivity index (χ2v) is 4.47. The standard InChI is InChI=1S/C15H15N3O2/c1-3-17-8-7-15(19)18-14(17)10-13(16-18)11-5-4-6-12(9-11)20-2/h4-10H,3H2,1-2H3. The molecule has 0 unspecified atom stereocenters. The van der Waals surface area contributed by atoms with Gasteiger partial charge < -0.3 is 9.30 Å². The molecule has 0 spiro atoms. The molecule has 2 heterocycles. The number of rotatable bonds is 3. The molecule has 0 aliphatic rings. The Kier molecular flexibility index (Phi) is 3.02. The van der Waals surface area contributed by atoms with Crippen LogP contribution >= 0.6 is 0 Å². The van der Waals surface area contributed by atoms with Crippen LogP contribution < -0.4 is 10.3 Å². The Balaban J connectivity index is 2.22. The third-order valence-corrected chi connectivity index (χ3v) is 3.30. The highest BCUT2D eigenvalue weighted by molar-refractivity contribution is 5.65. The van der Waals surface area contributed by atoms with Gasteiger partial charge in [0.15, 0.2) is 0 Å². The van der Waals surface area contributed by atoms with Gasteiger partial charge in [0.2, 0.25) is 0 Å². The van der Waals surface area contributed by atoms with Crippen molar-refractivity contribution in [3.63, 3.8) is 0 Å². The number of benzene rings is 1. The molecule has 5 heteroatoms. The van der Waals surface area contributed by atoms with Gasteiger partial charge in [0, 0.05) is 30.4 Å². The van der Waals surface area contributed by atoms with E-state index in [-0.39, 0.29) is 5.56 Å². The topological polar surface area (TPSA) is 48.5 Å². The van der Waals surface area contributed by atoms with Crippen LogP contribution in [0, 0.1) is 0 Å². The molecule has 102 valence electrons. The summed E-state index contributed by atoms with van der Waals surface area (Å²) >= 11 is 0. The molecule has 0 N–H and O–H groups in total. The average molecular weight is 269 g/mol. The highest BCUT2D eigenvalue weighted by Gasteiger charge is 2.09. The van der Waals surface area contributed by atoms with Crippen molar-refractivity contribution in [2.45, 2.75) is 13.5 Å². The van der Waals surface area contributed by atoms with Crippen LogP contribution in [0.1, 0.15) is 6.92 Å². The Morgan fingerprint density at radius 2 is 2.10 bits per heavy atom. The van der Waals surface area contributed by atoms with Gasteiger partial charge in [0.05, 0.1) is 12.8 Å². The Bertz CT molecular complexity index is 817. The molecule has 3 rings (SSSR count). The van der Waals surface area contributed by atoms with E-state index in [1.807, 2.05) is 41.8 Å². The summed E-state index contributed by atoms with van der Waals surface area (Å²) < 4.78 is 8.63. The molecule has 1 aromatic carbocycles. The number of aromatic nitrogens is 3. The maximum Gasteiger partial charge on any atom is 0.274 e. The summed E-state index contributed by atoms with van der Waals surface area (Å²) in [7, 11) is 1.63. The molecule has 0 amide bonds. The van der Waals surface area contributed by atoms with Crippen molar-refractivity contribution < 1.29 is 4.74 Å². The second kappa shape index (κ2) is 4.85. The van der Waals surface area contributed by atoms with Crippen molar-refractivity contribution in [3.05, 3.63) is 52.9 Å². The molecular formula is C15H15N3O2. The molecule has 0 radical (unpaired) electrons. The van der Waals surface area contributed by atoms with Crippen molar-refractivity contribution >= 4 is 5.65 Å². The van der Waals surface area contributed by atoms with Crippen LogP contribution in [0.5, 0.6) is 5.75 Å². The molecule has 0 aliphatic heterocycles. The van der Waals surface area contributed by atoms with Gasteiger partial charge in [-0.2, -0.15) is 9.61 Å². The summed E-state index contributed by atoms with van der Waals surface area (Å²) in [4.78, 5) is 11.9. The van der Waals surface area contributed by atoms with Gasteiger partial charge in [0.25, 0.3) is 5.56 Å². The van der Waals surface area contributed by atoms with E-state index in [2.05, 4.69) is 5.10 Å². The predicted molar refractivity (Wildman–Crippen MR) is 77.1 cm³/mol. The number of fused-ring (bicyclic) bond motifs is 1.